The van der Waals surface area contributed by atoms with Gasteiger partial charge >= 0.3 is 12.2 Å². The standard InChI is InChI=1S/C49H57N7O8/c1-3-5-19-35(20-6-4-2)56-40-29-33(50-44(57)38-21-13-27-54(38)46(59)42(52-48(61)62)31-15-9-7-10-16-31)23-25-36(40)37-26-24-34(30-41(37)56)51-45(58)39-22-14-28-55(39)47(60)43(53-49(63)64)32-17-11-8-12-18-32/h7-12,15-18,23-26,29-30,35,38-39,42-43,52-53H,3-6,13-14,19-22,27-28H2,1-2H3,(H,50,57)(H,51,58)(H,61,62)(H,63,64)/t38-,39-,42?,43?/m0/s1. The maximum atomic E-state index is 14.1. The van der Waals surface area contributed by atoms with E-state index in [2.05, 4.69) is 39.7 Å². The van der Waals surface area contributed by atoms with Crippen LogP contribution >= 0.6 is 0 Å². The van der Waals surface area contributed by atoms with Crippen LogP contribution in [-0.2, 0) is 19.2 Å². The fourth-order valence-corrected chi connectivity index (χ4v) is 9.38. The van der Waals surface area contributed by atoms with Crippen molar-refractivity contribution in [3.8, 4) is 0 Å². The Hall–Kier alpha value is -6.90. The summed E-state index contributed by atoms with van der Waals surface area (Å²) in [4.78, 5) is 82.3. The maximum Gasteiger partial charge on any atom is 0.405 e. The molecule has 4 aromatic carbocycles. The van der Waals surface area contributed by atoms with Gasteiger partial charge in [0.05, 0.1) is 11.0 Å². The van der Waals surface area contributed by atoms with E-state index in [9.17, 15) is 39.0 Å². The second-order valence-corrected chi connectivity index (χ2v) is 16.7. The van der Waals surface area contributed by atoms with Crippen LogP contribution in [0.3, 0.4) is 0 Å². The number of anilines is 2. The highest BCUT2D eigenvalue weighted by molar-refractivity contribution is 6.11. The monoisotopic (exact) mass is 871 g/mol. The molecule has 0 aliphatic carbocycles. The first kappa shape index (κ1) is 45.1. The lowest BCUT2D eigenvalue weighted by Crippen LogP contribution is -2.48. The molecule has 3 heterocycles. The topological polar surface area (TPSA) is 202 Å². The molecule has 6 N–H and O–H groups in total. The van der Waals surface area contributed by atoms with Gasteiger partial charge < -0.3 is 45.8 Å². The van der Waals surface area contributed by atoms with Gasteiger partial charge in [-0.1, -0.05) is 112 Å². The van der Waals surface area contributed by atoms with Crippen molar-refractivity contribution in [3.05, 3.63) is 108 Å². The lowest BCUT2D eigenvalue weighted by molar-refractivity contribution is -0.138. The predicted octanol–water partition coefficient (Wildman–Crippen LogP) is 8.59. The van der Waals surface area contributed by atoms with E-state index in [1.54, 1.807) is 60.7 Å². The fourth-order valence-electron chi connectivity index (χ4n) is 9.38. The molecule has 2 fully saturated rings. The van der Waals surface area contributed by atoms with Gasteiger partial charge in [-0.25, -0.2) is 9.59 Å². The summed E-state index contributed by atoms with van der Waals surface area (Å²) in [5.74, 6) is -1.69. The number of hydrogen-bond acceptors (Lipinski definition) is 6. The fraction of sp³-hybridized carbons (Fsp3) is 0.388. The quantitative estimate of drug-likeness (QED) is 0.0533. The number of rotatable bonds is 17. The first-order valence-corrected chi connectivity index (χ1v) is 22.4. The second-order valence-electron chi connectivity index (χ2n) is 16.7. The Morgan fingerprint density at radius 3 is 1.38 bits per heavy atom. The zero-order valence-corrected chi connectivity index (χ0v) is 36.3. The Balaban J connectivity index is 1.17. The number of unbranched alkanes of at least 4 members (excludes halogenated alkanes) is 2. The molecule has 64 heavy (non-hydrogen) atoms. The lowest BCUT2D eigenvalue weighted by Gasteiger charge is -2.28. The summed E-state index contributed by atoms with van der Waals surface area (Å²) in [6.07, 6.45) is 5.22. The van der Waals surface area contributed by atoms with Gasteiger partial charge in [-0.15, -0.1) is 0 Å². The van der Waals surface area contributed by atoms with Gasteiger partial charge in [0.15, 0.2) is 0 Å². The number of hydrogen-bond donors (Lipinski definition) is 6. The van der Waals surface area contributed by atoms with Crippen LogP contribution < -0.4 is 21.3 Å². The Morgan fingerprint density at radius 2 is 1.00 bits per heavy atom. The van der Waals surface area contributed by atoms with E-state index in [4.69, 9.17) is 0 Å². The minimum absolute atomic E-state index is 0.107. The smallest absolute Gasteiger partial charge is 0.405 e. The average molecular weight is 872 g/mol. The zero-order chi connectivity index (χ0) is 45.3. The van der Waals surface area contributed by atoms with Crippen LogP contribution in [0.25, 0.3) is 21.8 Å². The summed E-state index contributed by atoms with van der Waals surface area (Å²) >= 11 is 0. The molecule has 15 nitrogen and oxygen atoms in total. The van der Waals surface area contributed by atoms with Crippen LogP contribution in [0, 0.1) is 0 Å². The molecule has 2 unspecified atom stereocenters. The molecule has 15 heteroatoms. The Labute approximate surface area is 372 Å². The molecule has 6 amide bonds. The minimum Gasteiger partial charge on any atom is -0.465 e. The Kier molecular flexibility index (Phi) is 14.5. The molecule has 7 rings (SSSR count). The number of nitrogens with zero attached hydrogens (tertiary/aromatic N) is 3. The second kappa shape index (κ2) is 20.5. The molecule has 0 radical (unpaired) electrons. The Bertz CT molecular complexity index is 2320. The number of fused-ring (bicyclic) bond motifs is 3. The van der Waals surface area contributed by atoms with Crippen molar-refractivity contribution in [2.45, 2.75) is 108 Å². The number of carbonyl (C=O) groups excluding carboxylic acids is 4. The number of amides is 6. The third kappa shape index (κ3) is 9.98. The van der Waals surface area contributed by atoms with Crippen molar-refractivity contribution >= 4 is 69.0 Å². The van der Waals surface area contributed by atoms with Crippen LogP contribution in [0.1, 0.15) is 107 Å². The predicted molar refractivity (Wildman–Crippen MR) is 245 cm³/mol. The van der Waals surface area contributed by atoms with Gasteiger partial charge in [0.1, 0.15) is 24.2 Å². The number of carbonyl (C=O) groups is 6. The van der Waals surface area contributed by atoms with Crippen molar-refractivity contribution in [3.63, 3.8) is 0 Å². The van der Waals surface area contributed by atoms with Crippen LogP contribution in [0.15, 0.2) is 97.1 Å². The summed E-state index contributed by atoms with van der Waals surface area (Å²) in [5, 5.41) is 32.0. The van der Waals surface area contributed by atoms with E-state index in [1.165, 1.54) is 9.80 Å². The number of aromatic nitrogens is 1. The van der Waals surface area contributed by atoms with Crippen LogP contribution in [0.2, 0.25) is 0 Å². The molecular weight excluding hydrogens is 815 g/mol. The van der Waals surface area contributed by atoms with E-state index in [1.807, 2.05) is 36.4 Å². The molecule has 0 saturated carbocycles. The van der Waals surface area contributed by atoms with Crippen molar-refractivity contribution in [2.75, 3.05) is 23.7 Å². The first-order valence-electron chi connectivity index (χ1n) is 22.4. The number of carboxylic acid groups (broad SMARTS) is 2. The summed E-state index contributed by atoms with van der Waals surface area (Å²) in [5.41, 5.74) is 3.90. The highest BCUT2D eigenvalue weighted by Gasteiger charge is 2.40. The molecule has 5 aromatic rings. The van der Waals surface area contributed by atoms with E-state index < -0.39 is 48.2 Å². The highest BCUT2D eigenvalue weighted by Crippen LogP contribution is 2.39. The van der Waals surface area contributed by atoms with Gasteiger partial charge in [0, 0.05) is 41.3 Å². The van der Waals surface area contributed by atoms with Gasteiger partial charge in [-0.2, -0.15) is 0 Å². The third-order valence-electron chi connectivity index (χ3n) is 12.5. The van der Waals surface area contributed by atoms with Crippen LogP contribution in [0.5, 0.6) is 0 Å². The molecule has 2 saturated heterocycles. The van der Waals surface area contributed by atoms with Gasteiger partial charge in [0.25, 0.3) is 11.8 Å². The normalized spacial score (nSPS) is 17.0. The number of likely N-dealkylation sites (tertiary alicyclic amines) is 2. The van der Waals surface area contributed by atoms with E-state index in [0.717, 1.165) is 60.3 Å². The van der Waals surface area contributed by atoms with E-state index in [-0.39, 0.29) is 17.9 Å². The van der Waals surface area contributed by atoms with Crippen molar-refractivity contribution in [1.82, 2.24) is 25.0 Å². The van der Waals surface area contributed by atoms with Gasteiger partial charge in [-0.3, -0.25) is 19.2 Å². The third-order valence-corrected chi connectivity index (χ3v) is 12.5. The molecule has 336 valence electrons. The Morgan fingerprint density at radius 1 is 0.594 bits per heavy atom. The van der Waals surface area contributed by atoms with Crippen molar-refractivity contribution in [2.24, 2.45) is 0 Å². The van der Waals surface area contributed by atoms with Crippen LogP contribution in [-0.4, -0.2) is 85.6 Å². The molecule has 0 spiro atoms. The maximum absolute atomic E-state index is 14.1. The van der Waals surface area contributed by atoms with Gasteiger partial charge in [-0.05, 0) is 73.9 Å². The minimum atomic E-state index is -1.34. The molecule has 0 bridgehead atoms. The number of benzene rings is 4. The van der Waals surface area contributed by atoms with Gasteiger partial charge in [0.2, 0.25) is 11.8 Å². The summed E-state index contributed by atoms with van der Waals surface area (Å²) in [7, 11) is 0. The average Bonchev–Trinajstić information content (AvgIpc) is 4.06. The summed E-state index contributed by atoms with van der Waals surface area (Å²) in [6.45, 7) is 4.96. The van der Waals surface area contributed by atoms with Crippen LogP contribution in [0.4, 0.5) is 21.0 Å². The van der Waals surface area contributed by atoms with E-state index in [0.29, 0.717) is 61.3 Å². The molecule has 4 atom stereocenters. The number of nitrogens with one attached hydrogen (secondary N) is 4. The SMILES string of the molecule is CCCCC(CCCC)n1c2cc(NC(=O)[C@@H]3CCCN3C(=O)C(NC(=O)O)c3ccccc3)ccc2c2ccc(NC(=O)[C@@H]3CCCN3C(=O)C(NC(=O)O)c3ccccc3)cc21. The zero-order valence-electron chi connectivity index (χ0n) is 36.3. The molecule has 1 aromatic heterocycles. The molecule has 2 aliphatic rings. The first-order chi connectivity index (χ1) is 31.0. The molecular formula is C49H57N7O8. The van der Waals surface area contributed by atoms with E-state index >= 15 is 0 Å². The molecule has 2 aliphatic heterocycles. The highest BCUT2D eigenvalue weighted by atomic mass is 16.4. The largest absolute Gasteiger partial charge is 0.465 e. The van der Waals surface area contributed by atoms with Crippen molar-refractivity contribution < 1.29 is 39.0 Å². The summed E-state index contributed by atoms with van der Waals surface area (Å²) < 4.78 is 2.32. The lowest BCUT2D eigenvalue weighted by atomic mass is 10.0. The summed E-state index contributed by atoms with van der Waals surface area (Å²) in [6, 6.07) is 25.0. The van der Waals surface area contributed by atoms with Crippen molar-refractivity contribution in [1.29, 1.82) is 0 Å².